The number of hydrogen-bond acceptors (Lipinski definition) is 3. The molecule has 2 aliphatic heterocycles. The SMILES string of the molecule is CC1(NC(=O)N2CCC3(CC2)CC3CNC(=O)N2Cc3ccncc3C2)CCC1. The minimum atomic E-state index is 0.0178. The summed E-state index contributed by atoms with van der Waals surface area (Å²) in [6.45, 7) is 5.88. The van der Waals surface area contributed by atoms with E-state index in [0.717, 1.165) is 50.9 Å². The number of aromatic nitrogens is 1. The first kappa shape index (κ1) is 18.7. The lowest BCUT2D eigenvalue weighted by atomic mass is 9.79. The fraction of sp³-hybridized carbons (Fsp3) is 0.682. The highest BCUT2D eigenvalue weighted by Gasteiger charge is 2.55. The lowest BCUT2D eigenvalue weighted by molar-refractivity contribution is 0.135. The number of nitrogens with one attached hydrogen (secondary N) is 2. The molecule has 5 rings (SSSR count). The Bertz CT molecular complexity index is 788. The molecule has 1 unspecified atom stereocenters. The molecule has 156 valence electrons. The van der Waals surface area contributed by atoms with E-state index in [1.807, 2.05) is 22.1 Å². The normalized spacial score (nSPS) is 25.9. The summed E-state index contributed by atoms with van der Waals surface area (Å²) in [6.07, 6.45) is 10.3. The predicted octanol–water partition coefficient (Wildman–Crippen LogP) is 2.86. The molecule has 2 aliphatic carbocycles. The van der Waals surface area contributed by atoms with Crippen molar-refractivity contribution in [2.24, 2.45) is 11.3 Å². The van der Waals surface area contributed by atoms with Crippen molar-refractivity contribution in [3.63, 3.8) is 0 Å². The van der Waals surface area contributed by atoms with Gasteiger partial charge in [0.25, 0.3) is 0 Å². The largest absolute Gasteiger partial charge is 0.338 e. The molecule has 0 radical (unpaired) electrons. The van der Waals surface area contributed by atoms with E-state index < -0.39 is 0 Å². The van der Waals surface area contributed by atoms with E-state index in [1.54, 1.807) is 6.20 Å². The van der Waals surface area contributed by atoms with Crippen molar-refractivity contribution in [1.82, 2.24) is 25.4 Å². The van der Waals surface area contributed by atoms with Crippen LogP contribution >= 0.6 is 0 Å². The maximum atomic E-state index is 12.6. The topological polar surface area (TPSA) is 77.6 Å². The molecule has 1 aromatic rings. The summed E-state index contributed by atoms with van der Waals surface area (Å²) in [7, 11) is 0. The van der Waals surface area contributed by atoms with Crippen LogP contribution in [-0.4, -0.2) is 52.0 Å². The first-order valence-electron chi connectivity index (χ1n) is 11.0. The second-order valence-corrected chi connectivity index (χ2v) is 9.78. The molecule has 1 aromatic heterocycles. The minimum absolute atomic E-state index is 0.0178. The standard InChI is InChI=1S/C22H31N5O2/c1-21(4-2-5-21)25-20(29)26-9-6-22(7-10-26)11-18(22)13-24-19(28)27-14-16-3-8-23-12-17(16)15-27/h3,8,12,18H,2,4-7,9-11,13-15H2,1H3,(H,24,28)(H,25,29). The molecule has 1 atom stereocenters. The Morgan fingerprint density at radius 2 is 1.86 bits per heavy atom. The summed E-state index contributed by atoms with van der Waals surface area (Å²) in [5.74, 6) is 0.549. The second kappa shape index (κ2) is 6.89. The third-order valence-electron chi connectivity index (χ3n) is 7.79. The maximum absolute atomic E-state index is 12.6. The lowest BCUT2D eigenvalue weighted by Crippen LogP contribution is -2.56. The first-order chi connectivity index (χ1) is 14.0. The molecule has 7 heteroatoms. The Balaban J connectivity index is 1.06. The molecule has 2 saturated carbocycles. The van der Waals surface area contributed by atoms with Crippen molar-refractivity contribution in [1.29, 1.82) is 0 Å². The van der Waals surface area contributed by atoms with Crippen molar-refractivity contribution in [3.05, 3.63) is 29.6 Å². The van der Waals surface area contributed by atoms with Crippen LogP contribution in [0.4, 0.5) is 9.59 Å². The van der Waals surface area contributed by atoms with Crippen LogP contribution in [0.1, 0.15) is 56.6 Å². The summed E-state index contributed by atoms with van der Waals surface area (Å²) in [5, 5.41) is 6.37. The quantitative estimate of drug-likeness (QED) is 0.823. The van der Waals surface area contributed by atoms with Crippen LogP contribution in [0.2, 0.25) is 0 Å². The number of hydrogen-bond donors (Lipinski definition) is 2. The van der Waals surface area contributed by atoms with Gasteiger partial charge in [-0.1, -0.05) is 0 Å². The van der Waals surface area contributed by atoms with Crippen molar-refractivity contribution < 1.29 is 9.59 Å². The van der Waals surface area contributed by atoms with E-state index in [0.29, 0.717) is 24.4 Å². The highest BCUT2D eigenvalue weighted by atomic mass is 16.2. The van der Waals surface area contributed by atoms with Crippen molar-refractivity contribution in [3.8, 4) is 0 Å². The van der Waals surface area contributed by atoms with Crippen LogP contribution in [0, 0.1) is 11.3 Å². The van der Waals surface area contributed by atoms with Gasteiger partial charge in [-0.2, -0.15) is 0 Å². The highest BCUT2D eigenvalue weighted by Crippen LogP contribution is 2.59. The Kier molecular flexibility index (Phi) is 4.44. The van der Waals surface area contributed by atoms with Crippen LogP contribution in [0.3, 0.4) is 0 Å². The molecule has 7 nitrogen and oxygen atoms in total. The van der Waals surface area contributed by atoms with E-state index in [-0.39, 0.29) is 17.6 Å². The van der Waals surface area contributed by atoms with Gasteiger partial charge in [-0.05, 0) is 74.0 Å². The monoisotopic (exact) mass is 397 g/mol. The predicted molar refractivity (Wildman–Crippen MR) is 109 cm³/mol. The van der Waals surface area contributed by atoms with Gasteiger partial charge >= 0.3 is 12.1 Å². The third-order valence-corrected chi connectivity index (χ3v) is 7.79. The number of pyridine rings is 1. The Morgan fingerprint density at radius 1 is 1.10 bits per heavy atom. The van der Waals surface area contributed by atoms with Crippen LogP contribution in [0.15, 0.2) is 18.5 Å². The van der Waals surface area contributed by atoms with Crippen molar-refractivity contribution in [2.75, 3.05) is 19.6 Å². The van der Waals surface area contributed by atoms with Gasteiger partial charge in [0.15, 0.2) is 0 Å². The molecule has 2 N–H and O–H groups in total. The maximum Gasteiger partial charge on any atom is 0.318 e. The fourth-order valence-electron chi connectivity index (χ4n) is 5.34. The van der Waals surface area contributed by atoms with Crippen molar-refractivity contribution >= 4 is 12.1 Å². The molecule has 0 aromatic carbocycles. The van der Waals surface area contributed by atoms with E-state index >= 15 is 0 Å². The molecule has 4 aliphatic rings. The van der Waals surface area contributed by atoms with E-state index in [9.17, 15) is 9.59 Å². The summed E-state index contributed by atoms with van der Waals surface area (Å²) >= 11 is 0. The number of amides is 4. The van der Waals surface area contributed by atoms with Gasteiger partial charge in [-0.3, -0.25) is 4.98 Å². The Labute approximate surface area is 172 Å². The van der Waals surface area contributed by atoms with E-state index in [2.05, 4.69) is 22.5 Å². The van der Waals surface area contributed by atoms with Crippen LogP contribution in [0.25, 0.3) is 0 Å². The number of likely N-dealkylation sites (tertiary alicyclic amines) is 1. The summed E-state index contributed by atoms with van der Waals surface area (Å²) in [5.41, 5.74) is 2.69. The average molecular weight is 398 g/mol. The van der Waals surface area contributed by atoms with Gasteiger partial charge in [0.1, 0.15) is 0 Å². The number of fused-ring (bicyclic) bond motifs is 1. The molecule has 1 spiro atoms. The number of carbonyl (C=O) groups excluding carboxylic acids is 2. The molecule has 4 amide bonds. The molecule has 1 saturated heterocycles. The zero-order valence-corrected chi connectivity index (χ0v) is 17.2. The second-order valence-electron chi connectivity index (χ2n) is 9.78. The zero-order chi connectivity index (χ0) is 20.1. The van der Waals surface area contributed by atoms with Gasteiger partial charge in [-0.25, -0.2) is 9.59 Å². The molecule has 3 fully saturated rings. The average Bonchev–Trinajstić information content (AvgIpc) is 3.17. The third kappa shape index (κ3) is 3.55. The first-order valence-corrected chi connectivity index (χ1v) is 11.0. The molecule has 29 heavy (non-hydrogen) atoms. The number of urea groups is 2. The van der Waals surface area contributed by atoms with Crippen LogP contribution < -0.4 is 10.6 Å². The number of piperidine rings is 1. The highest BCUT2D eigenvalue weighted by molar-refractivity contribution is 5.76. The van der Waals surface area contributed by atoms with Crippen molar-refractivity contribution in [2.45, 2.75) is 64.1 Å². The molecule has 0 bridgehead atoms. The summed E-state index contributed by atoms with van der Waals surface area (Å²) in [4.78, 5) is 33.1. The molecule has 3 heterocycles. The Hall–Kier alpha value is -2.31. The molecular formula is C22H31N5O2. The van der Waals surface area contributed by atoms with Crippen LogP contribution in [-0.2, 0) is 13.1 Å². The van der Waals surface area contributed by atoms with Gasteiger partial charge in [-0.15, -0.1) is 0 Å². The van der Waals surface area contributed by atoms with E-state index in [4.69, 9.17) is 0 Å². The van der Waals surface area contributed by atoms with Crippen LogP contribution in [0.5, 0.6) is 0 Å². The van der Waals surface area contributed by atoms with Gasteiger partial charge in [0.05, 0.1) is 0 Å². The lowest BCUT2D eigenvalue weighted by Gasteiger charge is -2.42. The summed E-state index contributed by atoms with van der Waals surface area (Å²) < 4.78 is 0. The van der Waals surface area contributed by atoms with E-state index in [1.165, 1.54) is 18.4 Å². The zero-order valence-electron chi connectivity index (χ0n) is 17.2. The van der Waals surface area contributed by atoms with Gasteiger partial charge < -0.3 is 20.4 Å². The van der Waals surface area contributed by atoms with Gasteiger partial charge in [0.2, 0.25) is 0 Å². The smallest absolute Gasteiger partial charge is 0.318 e. The number of carbonyl (C=O) groups is 2. The number of nitrogens with zero attached hydrogens (tertiary/aromatic N) is 3. The summed E-state index contributed by atoms with van der Waals surface area (Å²) in [6, 6.07) is 2.12. The minimum Gasteiger partial charge on any atom is -0.338 e. The van der Waals surface area contributed by atoms with Gasteiger partial charge in [0, 0.05) is 50.7 Å². The molecular weight excluding hydrogens is 366 g/mol. The Morgan fingerprint density at radius 3 is 2.55 bits per heavy atom. The fourth-order valence-corrected chi connectivity index (χ4v) is 5.34. The number of rotatable bonds is 3.